The van der Waals surface area contributed by atoms with Gasteiger partial charge in [-0.1, -0.05) is 6.07 Å². The van der Waals surface area contributed by atoms with Gasteiger partial charge in [-0.15, -0.1) is 0 Å². The molecule has 1 aliphatic rings. The zero-order valence-electron chi connectivity index (χ0n) is 9.42. The summed E-state index contributed by atoms with van der Waals surface area (Å²) in [5.41, 5.74) is 7.87. The Balaban J connectivity index is 1.99. The second-order valence-electron chi connectivity index (χ2n) is 3.91. The molecule has 0 spiro atoms. The molecule has 1 aromatic carbocycles. The quantitative estimate of drug-likeness (QED) is 0.794. The summed E-state index contributed by atoms with van der Waals surface area (Å²) in [7, 11) is 0. The van der Waals surface area contributed by atoms with Crippen LogP contribution in [0.4, 0.5) is 11.5 Å². The molecule has 5 nitrogen and oxygen atoms in total. The van der Waals surface area contributed by atoms with Crippen LogP contribution in [-0.4, -0.2) is 4.98 Å². The lowest BCUT2D eigenvalue weighted by atomic mass is 10.2. The third-order valence-electron chi connectivity index (χ3n) is 2.81. The molecule has 0 fully saturated rings. The van der Waals surface area contributed by atoms with Crippen LogP contribution in [0.15, 0.2) is 36.5 Å². The van der Waals surface area contributed by atoms with Gasteiger partial charge in [0.2, 0.25) is 0 Å². The average Bonchev–Trinajstić information content (AvgIpc) is 2.82. The van der Waals surface area contributed by atoms with Crippen molar-refractivity contribution in [1.82, 2.24) is 4.98 Å². The van der Waals surface area contributed by atoms with Crippen molar-refractivity contribution >= 4 is 11.5 Å². The van der Waals surface area contributed by atoms with Crippen molar-refractivity contribution in [3.8, 4) is 11.8 Å². The number of pyridine rings is 1. The smallest absolute Gasteiger partial charge is 0.200 e. The van der Waals surface area contributed by atoms with Crippen molar-refractivity contribution in [2.75, 3.05) is 11.1 Å². The normalized spacial score (nSPS) is 16.3. The number of hydrogen-bond donors (Lipinski definition) is 2. The van der Waals surface area contributed by atoms with E-state index in [4.69, 9.17) is 15.7 Å². The van der Waals surface area contributed by atoms with E-state index in [-0.39, 0.29) is 0 Å². The van der Waals surface area contributed by atoms with Crippen molar-refractivity contribution < 1.29 is 4.74 Å². The zero-order valence-corrected chi connectivity index (χ0v) is 9.42. The maximum absolute atomic E-state index is 9.02. The lowest BCUT2D eigenvalue weighted by molar-refractivity contribution is 0.259. The molecule has 0 amide bonds. The Kier molecular flexibility index (Phi) is 2.27. The molecule has 1 aromatic heterocycles. The number of nitriles is 1. The Morgan fingerprint density at radius 3 is 3.00 bits per heavy atom. The van der Waals surface area contributed by atoms with E-state index < -0.39 is 6.23 Å². The largest absolute Gasteiger partial charge is 0.463 e. The predicted molar refractivity (Wildman–Crippen MR) is 66.8 cm³/mol. The van der Waals surface area contributed by atoms with E-state index in [1.165, 1.54) is 0 Å². The van der Waals surface area contributed by atoms with Crippen LogP contribution in [0.3, 0.4) is 0 Å². The van der Waals surface area contributed by atoms with Crippen LogP contribution in [-0.2, 0) is 0 Å². The maximum Gasteiger partial charge on any atom is 0.200 e. The molecular weight excluding hydrogens is 228 g/mol. The van der Waals surface area contributed by atoms with Crippen LogP contribution in [0, 0.1) is 11.3 Å². The number of nitrogens with one attached hydrogen (secondary N) is 1. The van der Waals surface area contributed by atoms with Crippen LogP contribution in [0.2, 0.25) is 0 Å². The first-order valence-electron chi connectivity index (χ1n) is 5.46. The first-order chi connectivity index (χ1) is 8.79. The Labute approximate surface area is 104 Å². The molecule has 0 saturated heterocycles. The number of hydrogen-bond acceptors (Lipinski definition) is 5. The molecule has 88 valence electrons. The minimum atomic E-state index is -0.400. The zero-order chi connectivity index (χ0) is 12.5. The highest BCUT2D eigenvalue weighted by Gasteiger charge is 2.27. The van der Waals surface area contributed by atoms with Crippen LogP contribution >= 0.6 is 0 Å². The standard InChI is InChI=1S/C13H10N4O/c14-7-8-3-1-5-10-11(8)18-13(17-10)9-4-2-6-16-12(9)15/h1-6,13,17H,(H2,15,16). The van der Waals surface area contributed by atoms with E-state index in [2.05, 4.69) is 16.4 Å². The molecule has 0 radical (unpaired) electrons. The highest BCUT2D eigenvalue weighted by Crippen LogP contribution is 2.40. The Bertz CT molecular complexity index is 648. The van der Waals surface area contributed by atoms with Gasteiger partial charge in [-0.3, -0.25) is 0 Å². The summed E-state index contributed by atoms with van der Waals surface area (Å²) in [6, 6.07) is 11.1. The van der Waals surface area contributed by atoms with Crippen molar-refractivity contribution in [3.05, 3.63) is 47.7 Å². The second-order valence-corrected chi connectivity index (χ2v) is 3.91. The molecule has 2 heterocycles. The molecule has 0 bridgehead atoms. The third-order valence-corrected chi connectivity index (χ3v) is 2.81. The summed E-state index contributed by atoms with van der Waals surface area (Å²) in [5.74, 6) is 0.981. The molecule has 0 aliphatic carbocycles. The number of nitrogens with two attached hydrogens (primary N) is 1. The third kappa shape index (κ3) is 1.52. The summed E-state index contributed by atoms with van der Waals surface area (Å²) in [5, 5.41) is 12.2. The molecule has 5 heteroatoms. The van der Waals surface area contributed by atoms with Crippen molar-refractivity contribution in [2.45, 2.75) is 6.23 Å². The number of anilines is 2. The fourth-order valence-corrected chi connectivity index (χ4v) is 1.95. The minimum absolute atomic E-state index is 0.400. The van der Waals surface area contributed by atoms with Gasteiger partial charge in [0, 0.05) is 6.20 Å². The van der Waals surface area contributed by atoms with E-state index in [1.807, 2.05) is 18.2 Å². The summed E-state index contributed by atoms with van der Waals surface area (Å²) in [6.45, 7) is 0. The number of para-hydroxylation sites is 1. The topological polar surface area (TPSA) is 84.0 Å². The Hall–Kier alpha value is -2.74. The minimum Gasteiger partial charge on any atom is -0.463 e. The van der Waals surface area contributed by atoms with Crippen LogP contribution in [0.1, 0.15) is 17.4 Å². The average molecular weight is 238 g/mol. The molecule has 1 aliphatic heterocycles. The van der Waals surface area contributed by atoms with Gasteiger partial charge in [-0.05, 0) is 24.3 Å². The Morgan fingerprint density at radius 2 is 2.22 bits per heavy atom. The SMILES string of the molecule is N#Cc1cccc2c1OC(c1cccnc1N)N2. The van der Waals surface area contributed by atoms with Crippen molar-refractivity contribution in [1.29, 1.82) is 5.26 Å². The number of fused-ring (bicyclic) bond motifs is 1. The van der Waals surface area contributed by atoms with Crippen LogP contribution in [0.25, 0.3) is 0 Å². The van der Waals surface area contributed by atoms with Gasteiger partial charge in [0.1, 0.15) is 11.9 Å². The monoisotopic (exact) mass is 238 g/mol. The van der Waals surface area contributed by atoms with Crippen LogP contribution in [0.5, 0.6) is 5.75 Å². The van der Waals surface area contributed by atoms with E-state index in [9.17, 15) is 0 Å². The first-order valence-corrected chi connectivity index (χ1v) is 5.46. The fraction of sp³-hybridized carbons (Fsp3) is 0.0769. The molecule has 1 unspecified atom stereocenters. The van der Waals surface area contributed by atoms with Gasteiger partial charge in [-0.25, -0.2) is 4.98 Å². The first kappa shape index (κ1) is 10.4. The molecular formula is C13H10N4O. The molecule has 1 atom stereocenters. The predicted octanol–water partition coefficient (Wildman–Crippen LogP) is 2.04. The second kappa shape index (κ2) is 3.93. The lowest BCUT2D eigenvalue weighted by Gasteiger charge is -2.12. The maximum atomic E-state index is 9.02. The highest BCUT2D eigenvalue weighted by atomic mass is 16.5. The van der Waals surface area contributed by atoms with E-state index in [1.54, 1.807) is 18.3 Å². The van der Waals surface area contributed by atoms with Crippen molar-refractivity contribution in [3.63, 3.8) is 0 Å². The summed E-state index contributed by atoms with van der Waals surface area (Å²) in [6.07, 6.45) is 1.23. The van der Waals surface area contributed by atoms with Gasteiger partial charge in [-0.2, -0.15) is 5.26 Å². The number of aromatic nitrogens is 1. The fourth-order valence-electron chi connectivity index (χ4n) is 1.95. The summed E-state index contributed by atoms with van der Waals surface area (Å²) in [4.78, 5) is 4.02. The van der Waals surface area contributed by atoms with Gasteiger partial charge < -0.3 is 15.8 Å². The van der Waals surface area contributed by atoms with Gasteiger partial charge in [0.25, 0.3) is 0 Å². The van der Waals surface area contributed by atoms with Crippen molar-refractivity contribution in [2.24, 2.45) is 0 Å². The van der Waals surface area contributed by atoms with Crippen LogP contribution < -0.4 is 15.8 Å². The number of rotatable bonds is 1. The number of nitrogens with zero attached hydrogens (tertiary/aromatic N) is 2. The number of benzene rings is 1. The molecule has 3 rings (SSSR count). The van der Waals surface area contributed by atoms with E-state index in [0.29, 0.717) is 17.1 Å². The number of ether oxygens (including phenoxy) is 1. The Morgan fingerprint density at radius 1 is 1.33 bits per heavy atom. The lowest BCUT2D eigenvalue weighted by Crippen LogP contribution is -2.13. The molecule has 2 aromatic rings. The molecule has 3 N–H and O–H groups in total. The molecule has 18 heavy (non-hydrogen) atoms. The van der Waals surface area contributed by atoms with Gasteiger partial charge >= 0.3 is 0 Å². The summed E-state index contributed by atoms with van der Waals surface area (Å²) >= 11 is 0. The highest BCUT2D eigenvalue weighted by molar-refractivity contribution is 5.67. The molecule has 0 saturated carbocycles. The summed E-state index contributed by atoms with van der Waals surface area (Å²) < 4.78 is 5.74. The van der Waals surface area contributed by atoms with Gasteiger partial charge in [0.15, 0.2) is 12.0 Å². The number of nitrogen functional groups attached to an aromatic ring is 1. The van der Waals surface area contributed by atoms with Gasteiger partial charge in [0.05, 0.1) is 16.8 Å². The van der Waals surface area contributed by atoms with E-state index in [0.717, 1.165) is 11.3 Å². The van der Waals surface area contributed by atoms with E-state index >= 15 is 0 Å².